The molecule has 3 N–H and O–H groups in total. The Balaban J connectivity index is 2.27. The molecular formula is C5H10N2. The van der Waals surface area contributed by atoms with Crippen LogP contribution in [-0.2, 0) is 0 Å². The molecule has 1 rings (SSSR count). The van der Waals surface area contributed by atoms with Gasteiger partial charge in [-0.05, 0) is 0 Å². The third kappa shape index (κ3) is 0.747. The first-order valence-corrected chi connectivity index (χ1v) is 2.45. The standard InChI is InChI=1S/C5H10N2/c1-4(6)5-2-7-3-5/h5,7H,1-3,6H2. The van der Waals surface area contributed by atoms with Gasteiger partial charge >= 0.3 is 0 Å². The molecule has 0 bridgehead atoms. The van der Waals surface area contributed by atoms with Crippen LogP contribution in [0.3, 0.4) is 0 Å². The van der Waals surface area contributed by atoms with Gasteiger partial charge in [0.1, 0.15) is 0 Å². The van der Waals surface area contributed by atoms with Gasteiger partial charge in [-0.15, -0.1) is 0 Å². The van der Waals surface area contributed by atoms with E-state index in [0.717, 1.165) is 18.8 Å². The molecule has 0 radical (unpaired) electrons. The molecule has 1 saturated heterocycles. The highest BCUT2D eigenvalue weighted by atomic mass is 15.0. The van der Waals surface area contributed by atoms with Crippen LogP contribution in [-0.4, -0.2) is 13.1 Å². The first-order chi connectivity index (χ1) is 3.30. The van der Waals surface area contributed by atoms with Crippen molar-refractivity contribution in [2.45, 2.75) is 0 Å². The first kappa shape index (κ1) is 4.65. The van der Waals surface area contributed by atoms with Crippen molar-refractivity contribution in [1.82, 2.24) is 5.32 Å². The van der Waals surface area contributed by atoms with Gasteiger partial charge in [0.2, 0.25) is 0 Å². The van der Waals surface area contributed by atoms with Crippen LogP contribution in [0.25, 0.3) is 0 Å². The van der Waals surface area contributed by atoms with Gasteiger partial charge in [0.25, 0.3) is 0 Å². The average molecular weight is 98.1 g/mol. The van der Waals surface area contributed by atoms with Gasteiger partial charge in [0.15, 0.2) is 0 Å². The molecule has 0 aromatic carbocycles. The molecular weight excluding hydrogens is 88.1 g/mol. The van der Waals surface area contributed by atoms with Gasteiger partial charge in [0.05, 0.1) is 0 Å². The molecule has 0 amide bonds. The lowest BCUT2D eigenvalue weighted by molar-refractivity contribution is 0.397. The molecule has 2 nitrogen and oxygen atoms in total. The molecule has 0 aromatic heterocycles. The van der Waals surface area contributed by atoms with E-state index in [9.17, 15) is 0 Å². The summed E-state index contributed by atoms with van der Waals surface area (Å²) in [7, 11) is 0. The molecule has 0 aromatic rings. The summed E-state index contributed by atoms with van der Waals surface area (Å²) in [5, 5.41) is 3.10. The second-order valence-corrected chi connectivity index (χ2v) is 1.93. The van der Waals surface area contributed by atoms with Crippen LogP contribution in [0.2, 0.25) is 0 Å². The summed E-state index contributed by atoms with van der Waals surface area (Å²) in [5.74, 6) is 0.556. The van der Waals surface area contributed by atoms with E-state index in [0.29, 0.717) is 5.92 Å². The third-order valence-corrected chi connectivity index (χ3v) is 1.31. The maximum absolute atomic E-state index is 5.36. The maximum Gasteiger partial charge on any atom is 0.0228 e. The highest BCUT2D eigenvalue weighted by Gasteiger charge is 2.16. The number of nitrogens with two attached hydrogens (primary N) is 1. The predicted octanol–water partition coefficient (Wildman–Crippen LogP) is -0.322. The fraction of sp³-hybridized carbons (Fsp3) is 0.600. The largest absolute Gasteiger partial charge is 0.402 e. The zero-order valence-electron chi connectivity index (χ0n) is 4.28. The van der Waals surface area contributed by atoms with Crippen molar-refractivity contribution in [3.8, 4) is 0 Å². The second-order valence-electron chi connectivity index (χ2n) is 1.93. The molecule has 0 unspecified atom stereocenters. The van der Waals surface area contributed by atoms with Crippen molar-refractivity contribution in [3.05, 3.63) is 12.3 Å². The molecule has 0 atom stereocenters. The summed E-state index contributed by atoms with van der Waals surface area (Å²) in [6.07, 6.45) is 0. The van der Waals surface area contributed by atoms with Gasteiger partial charge in [0, 0.05) is 24.7 Å². The topological polar surface area (TPSA) is 38.0 Å². The molecule has 40 valence electrons. The lowest BCUT2D eigenvalue weighted by Gasteiger charge is -2.26. The van der Waals surface area contributed by atoms with E-state index < -0.39 is 0 Å². The van der Waals surface area contributed by atoms with Crippen LogP contribution in [0.15, 0.2) is 12.3 Å². The fourth-order valence-corrected chi connectivity index (χ4v) is 0.551. The molecule has 0 aliphatic carbocycles. The van der Waals surface area contributed by atoms with E-state index >= 15 is 0 Å². The minimum absolute atomic E-state index is 0.556. The van der Waals surface area contributed by atoms with Crippen LogP contribution in [0.5, 0.6) is 0 Å². The van der Waals surface area contributed by atoms with Gasteiger partial charge < -0.3 is 11.1 Å². The lowest BCUT2D eigenvalue weighted by atomic mass is 10.0. The Kier molecular flexibility index (Phi) is 1.02. The number of rotatable bonds is 1. The zero-order valence-corrected chi connectivity index (χ0v) is 4.28. The van der Waals surface area contributed by atoms with Crippen molar-refractivity contribution in [2.75, 3.05) is 13.1 Å². The van der Waals surface area contributed by atoms with Crippen molar-refractivity contribution in [1.29, 1.82) is 0 Å². The summed E-state index contributed by atoms with van der Waals surface area (Å²) in [5.41, 5.74) is 6.18. The Hall–Kier alpha value is -0.500. The van der Waals surface area contributed by atoms with Crippen molar-refractivity contribution < 1.29 is 0 Å². The van der Waals surface area contributed by atoms with Crippen LogP contribution < -0.4 is 11.1 Å². The molecule has 1 heterocycles. The quantitative estimate of drug-likeness (QED) is 0.471. The van der Waals surface area contributed by atoms with E-state index in [2.05, 4.69) is 11.9 Å². The lowest BCUT2D eigenvalue weighted by Crippen LogP contribution is -2.44. The van der Waals surface area contributed by atoms with Gasteiger partial charge in [-0.25, -0.2) is 0 Å². The Morgan fingerprint density at radius 3 is 2.29 bits per heavy atom. The van der Waals surface area contributed by atoms with Gasteiger partial charge in [-0.1, -0.05) is 6.58 Å². The maximum atomic E-state index is 5.36. The van der Waals surface area contributed by atoms with Gasteiger partial charge in [-0.2, -0.15) is 0 Å². The SMILES string of the molecule is C=C(N)C1CNC1. The molecule has 1 aliphatic heterocycles. The van der Waals surface area contributed by atoms with E-state index in [-0.39, 0.29) is 0 Å². The minimum atomic E-state index is 0.556. The number of hydrogen-bond acceptors (Lipinski definition) is 2. The van der Waals surface area contributed by atoms with Crippen molar-refractivity contribution in [3.63, 3.8) is 0 Å². The Labute approximate surface area is 43.4 Å². The Morgan fingerprint density at radius 2 is 2.29 bits per heavy atom. The molecule has 7 heavy (non-hydrogen) atoms. The molecule has 0 spiro atoms. The summed E-state index contributed by atoms with van der Waals surface area (Å²) in [6, 6.07) is 0. The molecule has 2 heteroatoms. The monoisotopic (exact) mass is 98.1 g/mol. The van der Waals surface area contributed by atoms with E-state index in [4.69, 9.17) is 5.73 Å². The van der Waals surface area contributed by atoms with E-state index in [1.165, 1.54) is 0 Å². The molecule has 0 saturated carbocycles. The third-order valence-electron chi connectivity index (χ3n) is 1.31. The predicted molar refractivity (Wildman–Crippen MR) is 29.7 cm³/mol. The summed E-state index contributed by atoms with van der Waals surface area (Å²) < 4.78 is 0. The fourth-order valence-electron chi connectivity index (χ4n) is 0.551. The Morgan fingerprint density at radius 1 is 1.71 bits per heavy atom. The first-order valence-electron chi connectivity index (χ1n) is 2.45. The Bertz CT molecular complexity index is 84.1. The summed E-state index contributed by atoms with van der Waals surface area (Å²) in [4.78, 5) is 0. The van der Waals surface area contributed by atoms with Gasteiger partial charge in [-0.3, -0.25) is 0 Å². The highest BCUT2D eigenvalue weighted by molar-refractivity contribution is 5.00. The highest BCUT2D eigenvalue weighted by Crippen LogP contribution is 2.06. The molecule has 1 fully saturated rings. The zero-order chi connectivity index (χ0) is 5.28. The van der Waals surface area contributed by atoms with Crippen molar-refractivity contribution >= 4 is 0 Å². The van der Waals surface area contributed by atoms with E-state index in [1.54, 1.807) is 0 Å². The number of nitrogens with one attached hydrogen (secondary N) is 1. The van der Waals surface area contributed by atoms with Crippen LogP contribution in [0.1, 0.15) is 0 Å². The van der Waals surface area contributed by atoms with E-state index in [1.807, 2.05) is 0 Å². The van der Waals surface area contributed by atoms with Crippen LogP contribution in [0.4, 0.5) is 0 Å². The number of hydrogen-bond donors (Lipinski definition) is 2. The van der Waals surface area contributed by atoms with Crippen LogP contribution in [0, 0.1) is 5.92 Å². The smallest absolute Gasteiger partial charge is 0.0228 e. The molecule has 1 aliphatic rings. The summed E-state index contributed by atoms with van der Waals surface area (Å²) >= 11 is 0. The van der Waals surface area contributed by atoms with Crippen LogP contribution >= 0.6 is 0 Å². The normalized spacial score (nSPS) is 21.1. The second kappa shape index (κ2) is 1.54. The average Bonchev–Trinajstić information content (AvgIpc) is 1.23. The van der Waals surface area contributed by atoms with Crippen molar-refractivity contribution in [2.24, 2.45) is 11.7 Å². The summed E-state index contributed by atoms with van der Waals surface area (Å²) in [6.45, 7) is 5.66. The minimum Gasteiger partial charge on any atom is -0.402 e.